The first-order chi connectivity index (χ1) is 9.41. The van der Waals surface area contributed by atoms with Gasteiger partial charge in [0.05, 0.1) is 11.6 Å². The fourth-order valence-electron chi connectivity index (χ4n) is 1.95. The lowest BCUT2D eigenvalue weighted by atomic mass is 10.1. The van der Waals surface area contributed by atoms with Crippen molar-refractivity contribution in [2.75, 3.05) is 6.54 Å². The molecule has 1 unspecified atom stereocenters. The molecule has 0 aliphatic heterocycles. The van der Waals surface area contributed by atoms with Crippen LogP contribution < -0.4 is 5.32 Å². The summed E-state index contributed by atoms with van der Waals surface area (Å²) in [5, 5.41) is 15.4. The van der Waals surface area contributed by atoms with E-state index in [1.165, 1.54) is 0 Å². The number of aliphatic carboxylic acids is 1. The Labute approximate surface area is 118 Å². The Hall–Kier alpha value is -1.85. The molecule has 1 heterocycles. The van der Waals surface area contributed by atoms with E-state index in [1.807, 2.05) is 13.8 Å². The minimum Gasteiger partial charge on any atom is -0.481 e. The Morgan fingerprint density at radius 2 is 2.10 bits per heavy atom. The molecule has 1 aromatic rings. The van der Waals surface area contributed by atoms with E-state index in [9.17, 15) is 9.59 Å². The van der Waals surface area contributed by atoms with E-state index < -0.39 is 5.97 Å². The second-order valence-electron chi connectivity index (χ2n) is 5.03. The first kappa shape index (κ1) is 16.2. The summed E-state index contributed by atoms with van der Waals surface area (Å²) in [4.78, 5) is 22.3. The lowest BCUT2D eigenvalue weighted by Crippen LogP contribution is -2.25. The number of carbonyl (C=O) groups excluding carboxylic acids is 1. The quantitative estimate of drug-likeness (QED) is 0.710. The Balaban J connectivity index is 2.20. The molecular formula is C14H22N2O4. The number of carbonyl (C=O) groups is 2. The molecule has 1 aromatic heterocycles. The standard InChI is InChI=1S/C14H22N2O4/c1-9(14(18)19)5-4-8-15-13(17)7-6-12-10(2)16-20-11(12)3/h9H,4-8H2,1-3H3,(H,15,17)(H,18,19). The third-order valence-corrected chi connectivity index (χ3v) is 3.34. The van der Waals surface area contributed by atoms with Crippen molar-refractivity contribution in [3.05, 3.63) is 17.0 Å². The Bertz CT molecular complexity index is 448. The predicted molar refractivity (Wildman–Crippen MR) is 73.3 cm³/mol. The highest BCUT2D eigenvalue weighted by Crippen LogP contribution is 2.14. The maximum atomic E-state index is 11.7. The van der Waals surface area contributed by atoms with Gasteiger partial charge in [-0.25, -0.2) is 0 Å². The number of hydrogen-bond acceptors (Lipinski definition) is 4. The largest absolute Gasteiger partial charge is 0.481 e. The van der Waals surface area contributed by atoms with Gasteiger partial charge < -0.3 is 14.9 Å². The number of amides is 1. The zero-order chi connectivity index (χ0) is 15.1. The highest BCUT2D eigenvalue weighted by molar-refractivity contribution is 5.76. The zero-order valence-electron chi connectivity index (χ0n) is 12.2. The van der Waals surface area contributed by atoms with Gasteiger partial charge in [0.15, 0.2) is 0 Å². The molecule has 0 fully saturated rings. The number of aryl methyl sites for hydroxylation is 2. The lowest BCUT2D eigenvalue weighted by molar-refractivity contribution is -0.141. The normalized spacial score (nSPS) is 12.2. The van der Waals surface area contributed by atoms with E-state index in [1.54, 1.807) is 6.92 Å². The van der Waals surface area contributed by atoms with Crippen molar-refractivity contribution in [1.29, 1.82) is 0 Å². The van der Waals surface area contributed by atoms with Crippen molar-refractivity contribution < 1.29 is 19.2 Å². The van der Waals surface area contributed by atoms with Crippen molar-refractivity contribution in [3.63, 3.8) is 0 Å². The minimum absolute atomic E-state index is 0.0343. The molecule has 1 rings (SSSR count). The van der Waals surface area contributed by atoms with Crippen LogP contribution in [0, 0.1) is 19.8 Å². The summed E-state index contributed by atoms with van der Waals surface area (Å²) in [7, 11) is 0. The average Bonchev–Trinajstić information content (AvgIpc) is 2.71. The predicted octanol–water partition coefficient (Wildman–Crippen LogP) is 1.84. The highest BCUT2D eigenvalue weighted by atomic mass is 16.5. The molecule has 0 saturated carbocycles. The summed E-state index contributed by atoms with van der Waals surface area (Å²) in [6.45, 7) is 5.87. The molecule has 112 valence electrons. The van der Waals surface area contributed by atoms with Crippen LogP contribution in [0.15, 0.2) is 4.52 Å². The maximum Gasteiger partial charge on any atom is 0.306 e. The van der Waals surface area contributed by atoms with Gasteiger partial charge in [-0.15, -0.1) is 0 Å². The van der Waals surface area contributed by atoms with Gasteiger partial charge in [0.25, 0.3) is 0 Å². The molecule has 2 N–H and O–H groups in total. The molecule has 0 radical (unpaired) electrons. The first-order valence-corrected chi connectivity index (χ1v) is 6.83. The molecule has 6 nitrogen and oxygen atoms in total. The molecule has 0 spiro atoms. The fraction of sp³-hybridized carbons (Fsp3) is 0.643. The molecule has 0 aliphatic rings. The Kier molecular flexibility index (Phi) is 6.21. The summed E-state index contributed by atoms with van der Waals surface area (Å²) in [5.41, 5.74) is 1.81. The second-order valence-corrected chi connectivity index (χ2v) is 5.03. The lowest BCUT2D eigenvalue weighted by Gasteiger charge is -2.07. The fourth-order valence-corrected chi connectivity index (χ4v) is 1.95. The number of nitrogens with zero attached hydrogens (tertiary/aromatic N) is 1. The van der Waals surface area contributed by atoms with E-state index in [0.717, 1.165) is 17.0 Å². The van der Waals surface area contributed by atoms with Crippen molar-refractivity contribution in [2.24, 2.45) is 5.92 Å². The Morgan fingerprint density at radius 1 is 1.40 bits per heavy atom. The number of hydrogen-bond donors (Lipinski definition) is 2. The molecule has 0 bridgehead atoms. The van der Waals surface area contributed by atoms with E-state index >= 15 is 0 Å². The van der Waals surface area contributed by atoms with Gasteiger partial charge in [0.2, 0.25) is 5.91 Å². The van der Waals surface area contributed by atoms with Crippen LogP contribution in [0.2, 0.25) is 0 Å². The van der Waals surface area contributed by atoms with Crippen molar-refractivity contribution in [2.45, 2.75) is 46.5 Å². The van der Waals surface area contributed by atoms with Gasteiger partial charge in [-0.05, 0) is 33.1 Å². The van der Waals surface area contributed by atoms with E-state index in [0.29, 0.717) is 32.2 Å². The monoisotopic (exact) mass is 282 g/mol. The highest BCUT2D eigenvalue weighted by Gasteiger charge is 2.12. The molecular weight excluding hydrogens is 260 g/mol. The molecule has 1 amide bonds. The van der Waals surface area contributed by atoms with Crippen LogP contribution in [0.4, 0.5) is 0 Å². The van der Waals surface area contributed by atoms with E-state index in [2.05, 4.69) is 10.5 Å². The average molecular weight is 282 g/mol. The number of nitrogens with one attached hydrogen (secondary N) is 1. The van der Waals surface area contributed by atoms with Crippen LogP contribution >= 0.6 is 0 Å². The van der Waals surface area contributed by atoms with Crippen molar-refractivity contribution >= 4 is 11.9 Å². The summed E-state index contributed by atoms with van der Waals surface area (Å²) >= 11 is 0. The number of carboxylic acid groups (broad SMARTS) is 1. The molecule has 0 saturated heterocycles. The van der Waals surface area contributed by atoms with Crippen LogP contribution in [-0.2, 0) is 16.0 Å². The topological polar surface area (TPSA) is 92.4 Å². The first-order valence-electron chi connectivity index (χ1n) is 6.83. The van der Waals surface area contributed by atoms with Gasteiger partial charge in [-0.2, -0.15) is 0 Å². The SMILES string of the molecule is Cc1noc(C)c1CCC(=O)NCCCC(C)C(=O)O. The number of carboxylic acids is 1. The van der Waals surface area contributed by atoms with Gasteiger partial charge in [-0.1, -0.05) is 12.1 Å². The summed E-state index contributed by atoms with van der Waals surface area (Å²) in [6, 6.07) is 0. The van der Waals surface area contributed by atoms with Gasteiger partial charge >= 0.3 is 5.97 Å². The summed E-state index contributed by atoms with van der Waals surface area (Å²) < 4.78 is 5.04. The number of aromatic nitrogens is 1. The van der Waals surface area contributed by atoms with E-state index in [-0.39, 0.29) is 11.8 Å². The minimum atomic E-state index is -0.797. The van der Waals surface area contributed by atoms with E-state index in [4.69, 9.17) is 9.63 Å². The molecule has 20 heavy (non-hydrogen) atoms. The van der Waals surface area contributed by atoms with Gasteiger partial charge in [-0.3, -0.25) is 9.59 Å². The zero-order valence-corrected chi connectivity index (χ0v) is 12.2. The summed E-state index contributed by atoms with van der Waals surface area (Å²) in [6.07, 6.45) is 2.24. The third-order valence-electron chi connectivity index (χ3n) is 3.34. The second kappa shape index (κ2) is 7.67. The van der Waals surface area contributed by atoms with Crippen LogP contribution in [0.25, 0.3) is 0 Å². The van der Waals surface area contributed by atoms with Crippen LogP contribution in [-0.4, -0.2) is 28.7 Å². The Morgan fingerprint density at radius 3 is 2.65 bits per heavy atom. The smallest absolute Gasteiger partial charge is 0.306 e. The van der Waals surface area contributed by atoms with Crippen LogP contribution in [0.5, 0.6) is 0 Å². The molecule has 0 aliphatic carbocycles. The van der Waals surface area contributed by atoms with Crippen molar-refractivity contribution in [3.8, 4) is 0 Å². The van der Waals surface area contributed by atoms with Gasteiger partial charge in [0.1, 0.15) is 5.76 Å². The molecule has 0 aromatic carbocycles. The summed E-state index contributed by atoms with van der Waals surface area (Å²) in [5.74, 6) is -0.442. The maximum absolute atomic E-state index is 11.7. The van der Waals surface area contributed by atoms with Crippen molar-refractivity contribution in [1.82, 2.24) is 10.5 Å². The number of rotatable bonds is 8. The third kappa shape index (κ3) is 5.03. The van der Waals surface area contributed by atoms with Gasteiger partial charge in [0, 0.05) is 18.5 Å². The molecule has 1 atom stereocenters. The molecule has 6 heteroatoms. The van der Waals surface area contributed by atoms with Crippen LogP contribution in [0.1, 0.15) is 43.2 Å². The van der Waals surface area contributed by atoms with Crippen LogP contribution in [0.3, 0.4) is 0 Å².